The van der Waals surface area contributed by atoms with Gasteiger partial charge in [0, 0.05) is 0 Å². The van der Waals surface area contributed by atoms with Gasteiger partial charge in [-0.3, -0.25) is 9.59 Å². The standard InChI is InChI=1S/C22H38O4/c1-3-4-5-6-7-8-9-10-11-12-15-18-26-21(25)22(2)17-14-13-16-19(22)20(23)24/h14,17,19H,3-13,15-16,18H2,1-2H3,(H,23,24). The number of carboxylic acid groups (broad SMARTS) is 1. The zero-order chi connectivity index (χ0) is 19.3. The lowest BCUT2D eigenvalue weighted by Crippen LogP contribution is -2.41. The Morgan fingerprint density at radius 3 is 2.08 bits per heavy atom. The third kappa shape index (κ3) is 7.92. The number of unbranched alkanes of at least 4 members (excludes halogenated alkanes) is 10. The van der Waals surface area contributed by atoms with Crippen LogP contribution in [0, 0.1) is 11.3 Å². The van der Waals surface area contributed by atoms with Gasteiger partial charge in [-0.05, 0) is 26.2 Å². The molecule has 0 bridgehead atoms. The minimum atomic E-state index is -1.03. The first kappa shape index (κ1) is 22.7. The molecule has 1 N–H and O–H groups in total. The fourth-order valence-electron chi connectivity index (χ4n) is 3.68. The monoisotopic (exact) mass is 366 g/mol. The molecule has 1 aliphatic rings. The number of aliphatic carboxylic acids is 1. The number of esters is 1. The molecule has 0 amide bonds. The predicted molar refractivity (Wildman–Crippen MR) is 105 cm³/mol. The van der Waals surface area contributed by atoms with E-state index in [1.165, 1.54) is 57.8 Å². The van der Waals surface area contributed by atoms with Crippen LogP contribution >= 0.6 is 0 Å². The number of hydrogen-bond donors (Lipinski definition) is 1. The Morgan fingerprint density at radius 2 is 1.54 bits per heavy atom. The first-order valence-corrected chi connectivity index (χ1v) is 10.6. The molecule has 2 atom stereocenters. The maximum Gasteiger partial charge on any atom is 0.316 e. The van der Waals surface area contributed by atoms with Crippen molar-refractivity contribution in [2.45, 2.75) is 97.3 Å². The van der Waals surface area contributed by atoms with E-state index in [9.17, 15) is 14.7 Å². The summed E-state index contributed by atoms with van der Waals surface area (Å²) in [6.45, 7) is 4.32. The molecule has 0 heterocycles. The van der Waals surface area contributed by atoms with E-state index in [1.807, 2.05) is 6.08 Å². The summed E-state index contributed by atoms with van der Waals surface area (Å²) in [7, 11) is 0. The van der Waals surface area contributed by atoms with Gasteiger partial charge in [-0.2, -0.15) is 0 Å². The molecule has 0 aromatic carbocycles. The van der Waals surface area contributed by atoms with Crippen molar-refractivity contribution < 1.29 is 19.4 Å². The first-order valence-electron chi connectivity index (χ1n) is 10.6. The van der Waals surface area contributed by atoms with E-state index in [0.717, 1.165) is 12.8 Å². The molecule has 4 heteroatoms. The first-order chi connectivity index (χ1) is 12.5. The van der Waals surface area contributed by atoms with Crippen LogP contribution in [0.3, 0.4) is 0 Å². The fourth-order valence-corrected chi connectivity index (χ4v) is 3.68. The molecule has 0 aromatic rings. The van der Waals surface area contributed by atoms with Crippen LogP contribution in [-0.2, 0) is 14.3 Å². The van der Waals surface area contributed by atoms with Crippen molar-refractivity contribution in [1.82, 2.24) is 0 Å². The SMILES string of the molecule is CCCCCCCCCCCCCOC(=O)C1(C)C=CCCC1C(=O)O. The van der Waals surface area contributed by atoms with Crippen molar-refractivity contribution in [2.75, 3.05) is 6.61 Å². The highest BCUT2D eigenvalue weighted by molar-refractivity contribution is 5.86. The molecular weight excluding hydrogens is 328 g/mol. The zero-order valence-electron chi connectivity index (χ0n) is 16.8. The third-order valence-corrected chi connectivity index (χ3v) is 5.53. The van der Waals surface area contributed by atoms with Crippen molar-refractivity contribution in [1.29, 1.82) is 0 Å². The number of allylic oxidation sites excluding steroid dienone is 1. The quantitative estimate of drug-likeness (QED) is 0.236. The van der Waals surface area contributed by atoms with E-state index < -0.39 is 23.3 Å². The molecule has 0 saturated carbocycles. The van der Waals surface area contributed by atoms with Gasteiger partial charge >= 0.3 is 11.9 Å². The minimum absolute atomic E-state index is 0.394. The van der Waals surface area contributed by atoms with Gasteiger partial charge in [0.2, 0.25) is 0 Å². The Balaban J connectivity index is 2.08. The maximum absolute atomic E-state index is 12.4. The van der Waals surface area contributed by atoms with E-state index in [1.54, 1.807) is 13.0 Å². The van der Waals surface area contributed by atoms with Crippen LogP contribution in [0.1, 0.15) is 97.3 Å². The average molecular weight is 367 g/mol. The molecule has 0 aliphatic heterocycles. The lowest BCUT2D eigenvalue weighted by Gasteiger charge is -2.32. The molecule has 4 nitrogen and oxygen atoms in total. The summed E-state index contributed by atoms with van der Waals surface area (Å²) in [6, 6.07) is 0. The summed E-state index contributed by atoms with van der Waals surface area (Å²) in [5.41, 5.74) is -1.03. The van der Waals surface area contributed by atoms with Crippen molar-refractivity contribution >= 4 is 11.9 Å². The highest BCUT2D eigenvalue weighted by Gasteiger charge is 2.45. The van der Waals surface area contributed by atoms with Crippen LogP contribution in [0.15, 0.2) is 12.2 Å². The Morgan fingerprint density at radius 1 is 1.00 bits per heavy atom. The number of rotatable bonds is 14. The summed E-state index contributed by atoms with van der Waals surface area (Å²) in [6.07, 6.45) is 18.6. The molecule has 0 aromatic heterocycles. The molecule has 2 unspecified atom stereocenters. The molecular formula is C22H38O4. The largest absolute Gasteiger partial charge is 0.481 e. The maximum atomic E-state index is 12.4. The van der Waals surface area contributed by atoms with E-state index in [0.29, 0.717) is 19.4 Å². The summed E-state index contributed by atoms with van der Waals surface area (Å²) in [4.78, 5) is 23.8. The number of carboxylic acids is 1. The van der Waals surface area contributed by atoms with Crippen molar-refractivity contribution in [2.24, 2.45) is 11.3 Å². The molecule has 0 radical (unpaired) electrons. The number of ether oxygens (including phenoxy) is 1. The third-order valence-electron chi connectivity index (χ3n) is 5.53. The second-order valence-electron chi connectivity index (χ2n) is 7.82. The second kappa shape index (κ2) is 12.9. The molecule has 0 saturated heterocycles. The predicted octanol–water partition coefficient (Wildman–Crippen LogP) is 5.90. The van der Waals surface area contributed by atoms with Crippen LogP contribution in [0.5, 0.6) is 0 Å². The van der Waals surface area contributed by atoms with Crippen molar-refractivity contribution in [3.63, 3.8) is 0 Å². The van der Waals surface area contributed by atoms with Gasteiger partial charge in [-0.25, -0.2) is 0 Å². The summed E-state index contributed by atoms with van der Waals surface area (Å²) >= 11 is 0. The summed E-state index contributed by atoms with van der Waals surface area (Å²) < 4.78 is 5.39. The molecule has 26 heavy (non-hydrogen) atoms. The van der Waals surface area contributed by atoms with Crippen LogP contribution in [0.4, 0.5) is 0 Å². The van der Waals surface area contributed by atoms with Crippen LogP contribution in [0.25, 0.3) is 0 Å². The van der Waals surface area contributed by atoms with Gasteiger partial charge in [0.05, 0.1) is 17.9 Å². The summed E-state index contributed by atoms with van der Waals surface area (Å²) in [5.74, 6) is -1.99. The van der Waals surface area contributed by atoms with Crippen LogP contribution < -0.4 is 0 Å². The molecule has 0 fully saturated rings. The van der Waals surface area contributed by atoms with Gasteiger partial charge in [0.1, 0.15) is 0 Å². The molecule has 150 valence electrons. The number of carbonyl (C=O) groups is 2. The number of carbonyl (C=O) groups excluding carboxylic acids is 1. The van der Waals surface area contributed by atoms with E-state index in [2.05, 4.69) is 6.92 Å². The van der Waals surface area contributed by atoms with Crippen LogP contribution in [0.2, 0.25) is 0 Å². The van der Waals surface area contributed by atoms with Gasteiger partial charge in [-0.15, -0.1) is 0 Å². The summed E-state index contributed by atoms with van der Waals surface area (Å²) in [5, 5.41) is 9.35. The van der Waals surface area contributed by atoms with Crippen LogP contribution in [-0.4, -0.2) is 23.7 Å². The Hall–Kier alpha value is -1.32. The van der Waals surface area contributed by atoms with Crippen molar-refractivity contribution in [3.8, 4) is 0 Å². The van der Waals surface area contributed by atoms with E-state index in [4.69, 9.17) is 4.74 Å². The zero-order valence-corrected chi connectivity index (χ0v) is 16.8. The smallest absolute Gasteiger partial charge is 0.316 e. The fraction of sp³-hybridized carbons (Fsp3) is 0.818. The van der Waals surface area contributed by atoms with E-state index >= 15 is 0 Å². The highest BCUT2D eigenvalue weighted by atomic mass is 16.5. The molecule has 1 rings (SSSR count). The minimum Gasteiger partial charge on any atom is -0.481 e. The van der Waals surface area contributed by atoms with Crippen molar-refractivity contribution in [3.05, 3.63) is 12.2 Å². The molecule has 1 aliphatic carbocycles. The normalized spacial score (nSPS) is 22.3. The van der Waals surface area contributed by atoms with Gasteiger partial charge in [-0.1, -0.05) is 83.3 Å². The Labute approximate surface area is 159 Å². The Bertz CT molecular complexity index is 443. The van der Waals surface area contributed by atoms with Gasteiger partial charge in [0.25, 0.3) is 0 Å². The number of hydrogen-bond acceptors (Lipinski definition) is 3. The Kier molecular flexibility index (Phi) is 11.3. The average Bonchev–Trinajstić information content (AvgIpc) is 2.62. The second-order valence-corrected chi connectivity index (χ2v) is 7.82. The topological polar surface area (TPSA) is 63.6 Å². The van der Waals surface area contributed by atoms with Gasteiger partial charge in [0.15, 0.2) is 0 Å². The van der Waals surface area contributed by atoms with E-state index in [-0.39, 0.29) is 0 Å². The highest BCUT2D eigenvalue weighted by Crippen LogP contribution is 2.38. The van der Waals surface area contributed by atoms with Gasteiger partial charge < -0.3 is 9.84 Å². The lowest BCUT2D eigenvalue weighted by atomic mass is 9.71. The molecule has 0 spiro atoms. The lowest BCUT2D eigenvalue weighted by molar-refractivity contribution is -0.163.